The minimum atomic E-state index is 0.141. The smallest absolute Gasteiger partial charge is 0.220 e. The SMILES string of the molecule is CC(Br)CNC(=O)CCCc1ccccc1. The van der Waals surface area contributed by atoms with Gasteiger partial charge in [0.1, 0.15) is 0 Å². The summed E-state index contributed by atoms with van der Waals surface area (Å²) in [5.41, 5.74) is 1.30. The lowest BCUT2D eigenvalue weighted by Gasteiger charge is -2.06. The van der Waals surface area contributed by atoms with Gasteiger partial charge in [-0.15, -0.1) is 0 Å². The highest BCUT2D eigenvalue weighted by Crippen LogP contribution is 2.04. The Balaban J connectivity index is 2.13. The van der Waals surface area contributed by atoms with E-state index in [1.165, 1.54) is 5.56 Å². The number of carbonyl (C=O) groups excluding carboxylic acids is 1. The van der Waals surface area contributed by atoms with E-state index >= 15 is 0 Å². The molecule has 16 heavy (non-hydrogen) atoms. The van der Waals surface area contributed by atoms with Gasteiger partial charge in [0.05, 0.1) is 0 Å². The van der Waals surface area contributed by atoms with E-state index in [2.05, 4.69) is 33.4 Å². The van der Waals surface area contributed by atoms with Crippen LogP contribution in [-0.2, 0) is 11.2 Å². The highest BCUT2D eigenvalue weighted by Gasteiger charge is 2.02. The lowest BCUT2D eigenvalue weighted by molar-refractivity contribution is -0.121. The van der Waals surface area contributed by atoms with Gasteiger partial charge in [-0.25, -0.2) is 0 Å². The number of hydrogen-bond acceptors (Lipinski definition) is 1. The summed E-state index contributed by atoms with van der Waals surface area (Å²) >= 11 is 3.39. The third-order valence-electron chi connectivity index (χ3n) is 2.29. The lowest BCUT2D eigenvalue weighted by Crippen LogP contribution is -2.28. The Morgan fingerprint density at radius 2 is 2.06 bits per heavy atom. The second kappa shape index (κ2) is 7.44. The molecular weight excluding hydrogens is 266 g/mol. The fourth-order valence-electron chi connectivity index (χ4n) is 1.44. The zero-order chi connectivity index (χ0) is 11.8. The summed E-state index contributed by atoms with van der Waals surface area (Å²) in [6.07, 6.45) is 2.49. The van der Waals surface area contributed by atoms with E-state index in [4.69, 9.17) is 0 Å². The Morgan fingerprint density at radius 3 is 2.69 bits per heavy atom. The molecule has 0 saturated heterocycles. The van der Waals surface area contributed by atoms with Gasteiger partial charge in [0.25, 0.3) is 0 Å². The third kappa shape index (κ3) is 5.91. The molecule has 0 spiro atoms. The Labute approximate surface area is 106 Å². The third-order valence-corrected chi connectivity index (χ3v) is 2.62. The zero-order valence-corrected chi connectivity index (χ0v) is 11.2. The molecule has 1 unspecified atom stereocenters. The molecule has 88 valence electrons. The molecule has 1 atom stereocenters. The van der Waals surface area contributed by atoms with E-state index in [0.717, 1.165) is 12.8 Å². The topological polar surface area (TPSA) is 29.1 Å². The van der Waals surface area contributed by atoms with Crippen LogP contribution in [0.5, 0.6) is 0 Å². The second-order valence-corrected chi connectivity index (χ2v) is 5.49. The van der Waals surface area contributed by atoms with Crippen molar-refractivity contribution in [3.8, 4) is 0 Å². The molecule has 0 aliphatic carbocycles. The van der Waals surface area contributed by atoms with Gasteiger partial charge in [-0.1, -0.05) is 53.2 Å². The van der Waals surface area contributed by atoms with Crippen molar-refractivity contribution in [1.29, 1.82) is 0 Å². The predicted octanol–water partition coefficient (Wildman–Crippen LogP) is 2.91. The molecule has 0 aromatic heterocycles. The first-order valence-corrected chi connectivity index (χ1v) is 6.54. The molecule has 0 aliphatic rings. The van der Waals surface area contributed by atoms with Gasteiger partial charge in [0.2, 0.25) is 5.91 Å². The number of carbonyl (C=O) groups is 1. The van der Waals surface area contributed by atoms with E-state index in [-0.39, 0.29) is 5.91 Å². The van der Waals surface area contributed by atoms with Crippen LogP contribution in [-0.4, -0.2) is 17.3 Å². The number of alkyl halides is 1. The molecule has 0 radical (unpaired) electrons. The molecule has 0 heterocycles. The van der Waals surface area contributed by atoms with E-state index in [1.807, 2.05) is 25.1 Å². The fraction of sp³-hybridized carbons (Fsp3) is 0.462. The van der Waals surface area contributed by atoms with E-state index in [1.54, 1.807) is 0 Å². The number of halogens is 1. The molecule has 0 saturated carbocycles. The van der Waals surface area contributed by atoms with Crippen molar-refractivity contribution in [2.45, 2.75) is 31.0 Å². The maximum Gasteiger partial charge on any atom is 0.220 e. The van der Waals surface area contributed by atoms with Crippen molar-refractivity contribution < 1.29 is 4.79 Å². The van der Waals surface area contributed by atoms with Gasteiger partial charge >= 0.3 is 0 Å². The largest absolute Gasteiger partial charge is 0.355 e. The van der Waals surface area contributed by atoms with E-state index in [0.29, 0.717) is 17.8 Å². The van der Waals surface area contributed by atoms with Crippen LogP contribution in [0.15, 0.2) is 30.3 Å². The number of rotatable bonds is 6. The quantitative estimate of drug-likeness (QED) is 0.800. The van der Waals surface area contributed by atoms with Gasteiger partial charge < -0.3 is 5.32 Å². The highest BCUT2D eigenvalue weighted by molar-refractivity contribution is 9.09. The van der Waals surface area contributed by atoms with Crippen LogP contribution >= 0.6 is 15.9 Å². The zero-order valence-electron chi connectivity index (χ0n) is 9.58. The van der Waals surface area contributed by atoms with Crippen molar-refractivity contribution in [3.05, 3.63) is 35.9 Å². The van der Waals surface area contributed by atoms with Gasteiger partial charge in [0, 0.05) is 17.8 Å². The maximum atomic E-state index is 11.4. The number of amides is 1. The van der Waals surface area contributed by atoms with Gasteiger partial charge in [0.15, 0.2) is 0 Å². The predicted molar refractivity (Wildman–Crippen MR) is 70.8 cm³/mol. The average Bonchev–Trinajstić information content (AvgIpc) is 2.28. The Kier molecular flexibility index (Phi) is 6.16. The van der Waals surface area contributed by atoms with Crippen molar-refractivity contribution in [3.63, 3.8) is 0 Å². The fourth-order valence-corrected chi connectivity index (χ4v) is 1.60. The molecular formula is C13H18BrNO. The molecule has 0 fully saturated rings. The van der Waals surface area contributed by atoms with E-state index in [9.17, 15) is 4.79 Å². The first-order chi connectivity index (χ1) is 7.68. The Bertz CT molecular complexity index is 311. The highest BCUT2D eigenvalue weighted by atomic mass is 79.9. The first-order valence-electron chi connectivity index (χ1n) is 5.63. The van der Waals surface area contributed by atoms with Crippen LogP contribution in [0.25, 0.3) is 0 Å². The normalized spacial score (nSPS) is 12.1. The van der Waals surface area contributed by atoms with Crippen molar-refractivity contribution >= 4 is 21.8 Å². The molecule has 1 rings (SSSR count). The Morgan fingerprint density at radius 1 is 1.38 bits per heavy atom. The molecule has 0 bridgehead atoms. The summed E-state index contributed by atoms with van der Waals surface area (Å²) in [6, 6.07) is 10.3. The molecule has 3 heteroatoms. The summed E-state index contributed by atoms with van der Waals surface area (Å²) < 4.78 is 0. The molecule has 1 aromatic rings. The number of aryl methyl sites for hydroxylation is 1. The second-order valence-electron chi connectivity index (χ2n) is 3.92. The van der Waals surface area contributed by atoms with Gasteiger partial charge in [-0.2, -0.15) is 0 Å². The van der Waals surface area contributed by atoms with Gasteiger partial charge in [-0.05, 0) is 18.4 Å². The van der Waals surface area contributed by atoms with Crippen LogP contribution in [0.3, 0.4) is 0 Å². The Hall–Kier alpha value is -0.830. The lowest BCUT2D eigenvalue weighted by atomic mass is 10.1. The molecule has 1 N–H and O–H groups in total. The van der Waals surface area contributed by atoms with Crippen LogP contribution in [0.1, 0.15) is 25.3 Å². The first kappa shape index (κ1) is 13.2. The van der Waals surface area contributed by atoms with Crippen LogP contribution in [0.2, 0.25) is 0 Å². The molecule has 0 aliphatic heterocycles. The number of benzene rings is 1. The van der Waals surface area contributed by atoms with Crippen molar-refractivity contribution in [2.24, 2.45) is 0 Å². The maximum absolute atomic E-state index is 11.4. The molecule has 2 nitrogen and oxygen atoms in total. The monoisotopic (exact) mass is 283 g/mol. The number of nitrogens with one attached hydrogen (secondary N) is 1. The van der Waals surface area contributed by atoms with Crippen LogP contribution in [0.4, 0.5) is 0 Å². The van der Waals surface area contributed by atoms with Crippen molar-refractivity contribution in [1.82, 2.24) is 5.32 Å². The van der Waals surface area contributed by atoms with Crippen LogP contribution < -0.4 is 5.32 Å². The van der Waals surface area contributed by atoms with Crippen molar-refractivity contribution in [2.75, 3.05) is 6.54 Å². The molecule has 1 aromatic carbocycles. The van der Waals surface area contributed by atoms with Gasteiger partial charge in [-0.3, -0.25) is 4.79 Å². The standard InChI is InChI=1S/C13H18BrNO/c1-11(14)10-15-13(16)9-5-8-12-6-3-2-4-7-12/h2-4,6-7,11H,5,8-10H2,1H3,(H,15,16). The minimum Gasteiger partial charge on any atom is -0.355 e. The summed E-state index contributed by atoms with van der Waals surface area (Å²) in [6.45, 7) is 2.72. The minimum absolute atomic E-state index is 0.141. The number of hydrogen-bond donors (Lipinski definition) is 1. The van der Waals surface area contributed by atoms with Crippen LogP contribution in [0, 0.1) is 0 Å². The summed E-state index contributed by atoms with van der Waals surface area (Å²) in [4.78, 5) is 11.7. The summed E-state index contributed by atoms with van der Waals surface area (Å²) in [5.74, 6) is 0.141. The molecule has 1 amide bonds. The van der Waals surface area contributed by atoms with E-state index < -0.39 is 0 Å². The average molecular weight is 284 g/mol. The summed E-state index contributed by atoms with van der Waals surface area (Å²) in [7, 11) is 0. The summed E-state index contributed by atoms with van der Waals surface area (Å²) in [5, 5.41) is 2.88.